The monoisotopic (exact) mass is 426 g/mol. The predicted molar refractivity (Wildman–Crippen MR) is 117 cm³/mol. The summed E-state index contributed by atoms with van der Waals surface area (Å²) in [6.45, 7) is 3.31. The minimum Gasteiger partial charge on any atom is -0.506 e. The van der Waals surface area contributed by atoms with Gasteiger partial charge in [-0.1, -0.05) is 29.8 Å². The smallest absolute Gasteiger partial charge is 0.262 e. The van der Waals surface area contributed by atoms with Crippen LogP contribution < -0.4 is 10.1 Å². The Morgan fingerprint density at radius 1 is 1.17 bits per heavy atom. The number of aromatic hydroxyl groups is 1. The number of phenols is 1. The van der Waals surface area contributed by atoms with Gasteiger partial charge in [0.1, 0.15) is 23.0 Å². The molecule has 3 aromatic carbocycles. The highest BCUT2D eigenvalue weighted by atomic mass is 35.5. The zero-order valence-electron chi connectivity index (χ0n) is 16.4. The molecule has 3 aromatic rings. The molecule has 0 aliphatic heterocycles. The fraction of sp³-hybridized carbons (Fsp3) is 0.130. The first-order valence-corrected chi connectivity index (χ1v) is 9.53. The van der Waals surface area contributed by atoms with Gasteiger partial charge < -0.3 is 15.2 Å². The standard InChI is InChI=1S/C23H20ClFN2O3/c1-14-5-3-4-6-22(14)30-13-23(29)27-17-8-9-18(19(25)12-17)15(2)26-20-11-16(24)7-10-21(20)28/h3-12,28H,13H2,1-2H3,(H,27,29)/b26-15+. The molecule has 5 nitrogen and oxygen atoms in total. The number of para-hydroxylation sites is 1. The van der Waals surface area contributed by atoms with Crippen LogP contribution in [-0.2, 0) is 4.79 Å². The number of ether oxygens (including phenoxy) is 1. The Labute approximate surface area is 178 Å². The van der Waals surface area contributed by atoms with Crippen LogP contribution in [0.4, 0.5) is 15.8 Å². The molecule has 0 heterocycles. The zero-order valence-corrected chi connectivity index (χ0v) is 17.2. The van der Waals surface area contributed by atoms with E-state index in [9.17, 15) is 14.3 Å². The maximum absolute atomic E-state index is 14.6. The molecular weight excluding hydrogens is 407 g/mol. The molecule has 30 heavy (non-hydrogen) atoms. The Kier molecular flexibility index (Phi) is 6.69. The van der Waals surface area contributed by atoms with Crippen LogP contribution in [0.25, 0.3) is 0 Å². The summed E-state index contributed by atoms with van der Waals surface area (Å²) < 4.78 is 20.1. The molecule has 0 aromatic heterocycles. The van der Waals surface area contributed by atoms with Gasteiger partial charge in [0.05, 0.1) is 0 Å². The second-order valence-corrected chi connectivity index (χ2v) is 7.06. The van der Waals surface area contributed by atoms with E-state index in [4.69, 9.17) is 16.3 Å². The molecule has 0 spiro atoms. The third-order valence-corrected chi connectivity index (χ3v) is 4.56. The molecule has 2 N–H and O–H groups in total. The van der Waals surface area contributed by atoms with E-state index in [1.807, 2.05) is 25.1 Å². The lowest BCUT2D eigenvalue weighted by atomic mass is 10.1. The lowest BCUT2D eigenvalue weighted by Gasteiger charge is -2.10. The van der Waals surface area contributed by atoms with Gasteiger partial charge in [0.2, 0.25) is 0 Å². The number of aliphatic imine (C=N–C) groups is 1. The highest BCUT2D eigenvalue weighted by Gasteiger charge is 2.11. The van der Waals surface area contributed by atoms with Gasteiger partial charge in [-0.3, -0.25) is 4.79 Å². The van der Waals surface area contributed by atoms with Gasteiger partial charge in [-0.2, -0.15) is 0 Å². The van der Waals surface area contributed by atoms with Crippen LogP contribution in [0.1, 0.15) is 18.1 Å². The molecule has 0 atom stereocenters. The van der Waals surface area contributed by atoms with E-state index in [2.05, 4.69) is 10.3 Å². The van der Waals surface area contributed by atoms with Gasteiger partial charge in [-0.25, -0.2) is 9.38 Å². The summed E-state index contributed by atoms with van der Waals surface area (Å²) in [4.78, 5) is 16.4. The van der Waals surface area contributed by atoms with Gasteiger partial charge in [-0.15, -0.1) is 0 Å². The molecule has 3 rings (SSSR count). The Morgan fingerprint density at radius 3 is 2.67 bits per heavy atom. The molecule has 0 bridgehead atoms. The van der Waals surface area contributed by atoms with Crippen molar-refractivity contribution in [2.45, 2.75) is 13.8 Å². The fourth-order valence-electron chi connectivity index (χ4n) is 2.77. The molecule has 0 aliphatic rings. The first kappa shape index (κ1) is 21.3. The number of anilines is 1. The SMILES string of the molecule is C/C(=N\c1cc(Cl)ccc1O)c1ccc(NC(=O)COc2ccccc2C)cc1F. The number of amides is 1. The van der Waals surface area contributed by atoms with Crippen molar-refractivity contribution in [2.24, 2.45) is 4.99 Å². The van der Waals surface area contributed by atoms with E-state index < -0.39 is 11.7 Å². The van der Waals surface area contributed by atoms with Crippen molar-refractivity contribution >= 4 is 34.6 Å². The summed E-state index contributed by atoms with van der Waals surface area (Å²) in [6, 6.07) is 16.1. The third-order valence-electron chi connectivity index (χ3n) is 4.32. The number of nitrogens with zero attached hydrogens (tertiary/aromatic N) is 1. The normalized spacial score (nSPS) is 11.3. The lowest BCUT2D eigenvalue weighted by molar-refractivity contribution is -0.118. The number of rotatable bonds is 6. The number of carbonyl (C=O) groups excluding carboxylic acids is 1. The summed E-state index contributed by atoms with van der Waals surface area (Å²) in [7, 11) is 0. The van der Waals surface area contributed by atoms with Gasteiger partial charge in [0.25, 0.3) is 5.91 Å². The summed E-state index contributed by atoms with van der Waals surface area (Å²) in [5, 5.41) is 12.9. The molecule has 1 amide bonds. The van der Waals surface area contributed by atoms with E-state index in [0.29, 0.717) is 22.2 Å². The van der Waals surface area contributed by atoms with Crippen LogP contribution in [0.2, 0.25) is 5.02 Å². The van der Waals surface area contributed by atoms with Gasteiger partial charge in [0.15, 0.2) is 6.61 Å². The van der Waals surface area contributed by atoms with Gasteiger partial charge in [-0.05, 0) is 61.9 Å². The number of nitrogens with one attached hydrogen (secondary N) is 1. The third kappa shape index (κ3) is 5.36. The predicted octanol–water partition coefficient (Wildman–Crippen LogP) is 5.65. The maximum Gasteiger partial charge on any atom is 0.262 e. The number of aryl methyl sites for hydroxylation is 1. The number of benzene rings is 3. The topological polar surface area (TPSA) is 70.9 Å². The second kappa shape index (κ2) is 9.41. The number of carbonyl (C=O) groups is 1. The fourth-order valence-corrected chi connectivity index (χ4v) is 2.94. The molecule has 0 saturated heterocycles. The van der Waals surface area contributed by atoms with E-state index in [0.717, 1.165) is 5.56 Å². The highest BCUT2D eigenvalue weighted by molar-refractivity contribution is 6.30. The molecule has 0 radical (unpaired) electrons. The van der Waals surface area contributed by atoms with Crippen molar-refractivity contribution in [1.29, 1.82) is 0 Å². The van der Waals surface area contributed by atoms with Crippen molar-refractivity contribution in [3.8, 4) is 11.5 Å². The molecule has 0 fully saturated rings. The van der Waals surface area contributed by atoms with Gasteiger partial charge in [0, 0.05) is 22.0 Å². The van der Waals surface area contributed by atoms with Gasteiger partial charge >= 0.3 is 0 Å². The van der Waals surface area contributed by atoms with Crippen molar-refractivity contribution < 1.29 is 19.0 Å². The van der Waals surface area contributed by atoms with Crippen LogP contribution >= 0.6 is 11.6 Å². The first-order chi connectivity index (χ1) is 14.3. The summed E-state index contributed by atoms with van der Waals surface area (Å²) in [6.07, 6.45) is 0. The Hall–Kier alpha value is -3.38. The van der Waals surface area contributed by atoms with Crippen LogP contribution in [0, 0.1) is 12.7 Å². The quantitative estimate of drug-likeness (QED) is 0.500. The molecule has 0 saturated carbocycles. The van der Waals surface area contributed by atoms with E-state index in [1.165, 1.54) is 30.3 Å². The lowest BCUT2D eigenvalue weighted by Crippen LogP contribution is -2.20. The zero-order chi connectivity index (χ0) is 21.7. The van der Waals surface area contributed by atoms with Crippen LogP contribution in [-0.4, -0.2) is 23.3 Å². The van der Waals surface area contributed by atoms with Crippen molar-refractivity contribution in [3.63, 3.8) is 0 Å². The van der Waals surface area contributed by atoms with E-state index >= 15 is 0 Å². The minimum atomic E-state index is -0.560. The number of phenolic OH excluding ortho intramolecular Hbond substituents is 1. The van der Waals surface area contributed by atoms with E-state index in [-0.39, 0.29) is 23.6 Å². The van der Waals surface area contributed by atoms with Crippen molar-refractivity contribution in [1.82, 2.24) is 0 Å². The minimum absolute atomic E-state index is 0.0586. The molecule has 7 heteroatoms. The number of halogens is 2. The maximum atomic E-state index is 14.6. The highest BCUT2D eigenvalue weighted by Crippen LogP contribution is 2.30. The Morgan fingerprint density at radius 2 is 1.93 bits per heavy atom. The Bertz CT molecular complexity index is 1120. The molecule has 0 unspecified atom stereocenters. The summed E-state index contributed by atoms with van der Waals surface area (Å²) in [5.74, 6) is -0.406. The Balaban J connectivity index is 1.68. The van der Waals surface area contributed by atoms with Crippen LogP contribution in [0.5, 0.6) is 11.5 Å². The largest absolute Gasteiger partial charge is 0.506 e. The molecule has 154 valence electrons. The molecule has 0 aliphatic carbocycles. The average Bonchev–Trinajstić information content (AvgIpc) is 2.70. The van der Waals surface area contributed by atoms with Crippen molar-refractivity contribution in [3.05, 3.63) is 82.6 Å². The molecular formula is C23H20ClFN2O3. The van der Waals surface area contributed by atoms with Crippen LogP contribution in [0.3, 0.4) is 0 Å². The van der Waals surface area contributed by atoms with Crippen molar-refractivity contribution in [2.75, 3.05) is 11.9 Å². The summed E-state index contributed by atoms with van der Waals surface area (Å²) in [5.41, 5.74) is 2.05. The number of hydrogen-bond donors (Lipinski definition) is 2. The van der Waals surface area contributed by atoms with Crippen LogP contribution in [0.15, 0.2) is 65.7 Å². The van der Waals surface area contributed by atoms with E-state index in [1.54, 1.807) is 19.1 Å². The first-order valence-electron chi connectivity index (χ1n) is 9.15. The number of hydrogen-bond acceptors (Lipinski definition) is 4. The summed E-state index contributed by atoms with van der Waals surface area (Å²) >= 11 is 5.92. The second-order valence-electron chi connectivity index (χ2n) is 6.63. The average molecular weight is 427 g/mol.